The Labute approximate surface area is 88.2 Å². The maximum atomic E-state index is 11.2. The Balaban J connectivity index is 2.39. The quantitative estimate of drug-likeness (QED) is 0.639. The highest BCUT2D eigenvalue weighted by molar-refractivity contribution is 5.71. The van der Waals surface area contributed by atoms with E-state index >= 15 is 0 Å². The summed E-state index contributed by atoms with van der Waals surface area (Å²) in [5.74, 6) is 0.264. The first kappa shape index (κ1) is 11.6. The molecule has 1 rings (SSSR count). The number of rotatable bonds is 6. The van der Waals surface area contributed by atoms with Crippen LogP contribution >= 0.6 is 0 Å². The standard InChI is InChI=1S/C9H15N3O3/c1-3-12(6-9(13)14-4-2)5-8-10-7-11-15-8/h7H,3-6H2,1-2H3. The molecule has 0 N–H and O–H groups in total. The van der Waals surface area contributed by atoms with Gasteiger partial charge in [-0.3, -0.25) is 9.69 Å². The second-order valence-electron chi connectivity index (χ2n) is 2.94. The van der Waals surface area contributed by atoms with Gasteiger partial charge in [0.1, 0.15) is 0 Å². The molecule has 6 heteroatoms. The first-order chi connectivity index (χ1) is 7.26. The molecule has 0 saturated carbocycles. The number of ether oxygens (including phenoxy) is 1. The number of carbonyl (C=O) groups excluding carboxylic acids is 1. The van der Waals surface area contributed by atoms with Gasteiger partial charge >= 0.3 is 5.97 Å². The molecule has 0 radical (unpaired) electrons. The minimum atomic E-state index is -0.237. The zero-order chi connectivity index (χ0) is 11.1. The van der Waals surface area contributed by atoms with E-state index in [0.29, 0.717) is 19.0 Å². The van der Waals surface area contributed by atoms with Crippen LogP contribution in [0.15, 0.2) is 10.9 Å². The summed E-state index contributed by atoms with van der Waals surface area (Å²) in [4.78, 5) is 17.0. The Morgan fingerprint density at radius 3 is 2.93 bits per heavy atom. The molecule has 1 heterocycles. The molecule has 0 spiro atoms. The molecular weight excluding hydrogens is 198 g/mol. The van der Waals surface area contributed by atoms with Gasteiger partial charge in [-0.1, -0.05) is 12.1 Å². The fourth-order valence-corrected chi connectivity index (χ4v) is 1.13. The van der Waals surface area contributed by atoms with E-state index in [4.69, 9.17) is 9.26 Å². The molecule has 0 amide bonds. The summed E-state index contributed by atoms with van der Waals surface area (Å²) in [5.41, 5.74) is 0. The van der Waals surface area contributed by atoms with E-state index in [1.807, 2.05) is 11.8 Å². The number of nitrogens with zero attached hydrogens (tertiary/aromatic N) is 3. The normalized spacial score (nSPS) is 10.6. The third-order valence-corrected chi connectivity index (χ3v) is 1.87. The maximum Gasteiger partial charge on any atom is 0.320 e. The summed E-state index contributed by atoms with van der Waals surface area (Å²) >= 11 is 0. The van der Waals surface area contributed by atoms with Crippen molar-refractivity contribution in [1.82, 2.24) is 15.0 Å². The van der Waals surface area contributed by atoms with Crippen molar-refractivity contribution in [3.8, 4) is 0 Å². The Morgan fingerprint density at radius 2 is 2.40 bits per heavy atom. The zero-order valence-electron chi connectivity index (χ0n) is 8.97. The van der Waals surface area contributed by atoms with Crippen LogP contribution in [0.1, 0.15) is 19.7 Å². The summed E-state index contributed by atoms with van der Waals surface area (Å²) in [6.07, 6.45) is 1.34. The largest absolute Gasteiger partial charge is 0.465 e. The van der Waals surface area contributed by atoms with E-state index in [-0.39, 0.29) is 12.5 Å². The highest BCUT2D eigenvalue weighted by Gasteiger charge is 2.12. The second-order valence-corrected chi connectivity index (χ2v) is 2.94. The van der Waals surface area contributed by atoms with Crippen molar-refractivity contribution in [3.63, 3.8) is 0 Å². The van der Waals surface area contributed by atoms with Gasteiger partial charge in [0.25, 0.3) is 0 Å². The van der Waals surface area contributed by atoms with Crippen molar-refractivity contribution in [2.24, 2.45) is 0 Å². The first-order valence-electron chi connectivity index (χ1n) is 4.89. The van der Waals surface area contributed by atoms with Gasteiger partial charge in [-0.2, -0.15) is 4.98 Å². The summed E-state index contributed by atoms with van der Waals surface area (Å²) in [7, 11) is 0. The zero-order valence-corrected chi connectivity index (χ0v) is 8.97. The molecule has 0 unspecified atom stereocenters. The Bertz CT molecular complexity index is 287. The third-order valence-electron chi connectivity index (χ3n) is 1.87. The Hall–Kier alpha value is -1.43. The lowest BCUT2D eigenvalue weighted by Gasteiger charge is -2.16. The van der Waals surface area contributed by atoms with E-state index in [1.54, 1.807) is 6.92 Å². The SMILES string of the molecule is CCOC(=O)CN(CC)Cc1ncno1. The Morgan fingerprint density at radius 1 is 1.60 bits per heavy atom. The first-order valence-corrected chi connectivity index (χ1v) is 4.89. The lowest BCUT2D eigenvalue weighted by molar-refractivity contribution is -0.144. The number of carbonyl (C=O) groups is 1. The predicted octanol–water partition coefficient (Wildman–Crippen LogP) is 0.455. The van der Waals surface area contributed by atoms with Crippen LogP contribution in [-0.2, 0) is 16.1 Å². The van der Waals surface area contributed by atoms with Gasteiger partial charge in [-0.25, -0.2) is 0 Å². The van der Waals surface area contributed by atoms with Crippen LogP contribution in [0.3, 0.4) is 0 Å². The van der Waals surface area contributed by atoms with Crippen LogP contribution in [0.4, 0.5) is 0 Å². The summed E-state index contributed by atoms with van der Waals surface area (Å²) in [6, 6.07) is 0. The fraction of sp³-hybridized carbons (Fsp3) is 0.667. The summed E-state index contributed by atoms with van der Waals surface area (Å²) in [6.45, 7) is 5.57. The second kappa shape index (κ2) is 6.13. The number of aromatic nitrogens is 2. The van der Waals surface area contributed by atoms with Crippen molar-refractivity contribution in [2.75, 3.05) is 19.7 Å². The van der Waals surface area contributed by atoms with Gasteiger partial charge in [-0.15, -0.1) is 0 Å². The number of esters is 1. The molecule has 0 aromatic carbocycles. The number of hydrogen-bond donors (Lipinski definition) is 0. The van der Waals surface area contributed by atoms with Crippen molar-refractivity contribution in [2.45, 2.75) is 20.4 Å². The summed E-state index contributed by atoms with van der Waals surface area (Å²) in [5, 5.41) is 3.50. The van der Waals surface area contributed by atoms with Gasteiger partial charge in [-0.05, 0) is 13.5 Å². The number of likely N-dealkylation sites (N-methyl/N-ethyl adjacent to an activating group) is 1. The van der Waals surface area contributed by atoms with Crippen molar-refractivity contribution in [3.05, 3.63) is 12.2 Å². The minimum absolute atomic E-state index is 0.237. The van der Waals surface area contributed by atoms with Crippen molar-refractivity contribution < 1.29 is 14.1 Å². The van der Waals surface area contributed by atoms with E-state index < -0.39 is 0 Å². The van der Waals surface area contributed by atoms with Gasteiger partial charge in [0, 0.05) is 0 Å². The van der Waals surface area contributed by atoms with Crippen molar-refractivity contribution >= 4 is 5.97 Å². The third kappa shape index (κ3) is 4.07. The van der Waals surface area contributed by atoms with Crippen LogP contribution in [0.25, 0.3) is 0 Å². The predicted molar refractivity (Wildman–Crippen MR) is 51.9 cm³/mol. The number of hydrogen-bond acceptors (Lipinski definition) is 6. The van der Waals surface area contributed by atoms with E-state index in [2.05, 4.69) is 10.1 Å². The fourth-order valence-electron chi connectivity index (χ4n) is 1.13. The molecule has 0 saturated heterocycles. The highest BCUT2D eigenvalue weighted by atomic mass is 16.5. The highest BCUT2D eigenvalue weighted by Crippen LogP contribution is 1.99. The van der Waals surface area contributed by atoms with Crippen LogP contribution in [0, 0.1) is 0 Å². The summed E-state index contributed by atoms with van der Waals surface area (Å²) < 4.78 is 9.70. The van der Waals surface area contributed by atoms with Gasteiger partial charge in [0.05, 0.1) is 19.7 Å². The van der Waals surface area contributed by atoms with Crippen LogP contribution < -0.4 is 0 Å². The average Bonchev–Trinajstić information content (AvgIpc) is 2.70. The molecule has 0 fully saturated rings. The molecular formula is C9H15N3O3. The molecule has 0 aliphatic rings. The molecule has 0 aliphatic carbocycles. The van der Waals surface area contributed by atoms with E-state index in [1.165, 1.54) is 6.33 Å². The molecule has 1 aromatic rings. The lowest BCUT2D eigenvalue weighted by Crippen LogP contribution is -2.30. The molecule has 1 aromatic heterocycles. The minimum Gasteiger partial charge on any atom is -0.465 e. The van der Waals surface area contributed by atoms with Crippen LogP contribution in [0.2, 0.25) is 0 Å². The average molecular weight is 213 g/mol. The molecule has 84 valence electrons. The Kier molecular flexibility index (Phi) is 4.76. The van der Waals surface area contributed by atoms with E-state index in [9.17, 15) is 4.79 Å². The molecule has 6 nitrogen and oxygen atoms in total. The molecule has 0 atom stereocenters. The lowest BCUT2D eigenvalue weighted by atomic mass is 10.4. The van der Waals surface area contributed by atoms with Crippen LogP contribution in [-0.4, -0.2) is 40.7 Å². The molecule has 0 aliphatic heterocycles. The monoisotopic (exact) mass is 213 g/mol. The van der Waals surface area contributed by atoms with Gasteiger partial charge in [0.15, 0.2) is 6.33 Å². The van der Waals surface area contributed by atoms with Gasteiger partial charge in [0.2, 0.25) is 5.89 Å². The van der Waals surface area contributed by atoms with Crippen LogP contribution in [0.5, 0.6) is 0 Å². The van der Waals surface area contributed by atoms with Crippen molar-refractivity contribution in [1.29, 1.82) is 0 Å². The molecule has 15 heavy (non-hydrogen) atoms. The van der Waals surface area contributed by atoms with E-state index in [0.717, 1.165) is 6.54 Å². The topological polar surface area (TPSA) is 68.5 Å². The molecule has 0 bridgehead atoms. The van der Waals surface area contributed by atoms with Gasteiger partial charge < -0.3 is 9.26 Å². The smallest absolute Gasteiger partial charge is 0.320 e. The maximum absolute atomic E-state index is 11.2.